The minimum Gasteiger partial charge on any atom is -0.328 e. The Balaban J connectivity index is 2.22. The second-order valence-corrected chi connectivity index (χ2v) is 7.49. The molecule has 0 aliphatic carbocycles. The van der Waals surface area contributed by atoms with Crippen molar-refractivity contribution in [1.29, 1.82) is 10.5 Å². The van der Waals surface area contributed by atoms with Gasteiger partial charge in [0.25, 0.3) is 5.91 Å². The van der Waals surface area contributed by atoms with Crippen molar-refractivity contribution in [2.45, 2.75) is 58.0 Å². The molecule has 1 amide bonds. The Bertz CT molecular complexity index is 730. The van der Waals surface area contributed by atoms with Gasteiger partial charge in [0.2, 0.25) is 5.71 Å². The molecule has 1 N–H and O–H groups in total. The maximum absolute atomic E-state index is 13.1. The molecule has 1 fully saturated rings. The van der Waals surface area contributed by atoms with E-state index in [2.05, 4.69) is 38.2 Å². The number of likely N-dealkylation sites (tertiary alicyclic amines) is 1. The van der Waals surface area contributed by atoms with Crippen LogP contribution in [0.15, 0.2) is 29.4 Å². The van der Waals surface area contributed by atoms with E-state index >= 15 is 0 Å². The highest BCUT2D eigenvalue weighted by Crippen LogP contribution is 2.39. The SMILES string of the molecule is CC1(C)CCCC(C)(C)N1C(=O)c1ccc(NN=C(C#N)C#N)cc1. The van der Waals surface area contributed by atoms with Gasteiger partial charge < -0.3 is 4.90 Å². The third-order valence-electron chi connectivity index (χ3n) is 4.63. The van der Waals surface area contributed by atoms with Gasteiger partial charge in [-0.3, -0.25) is 10.2 Å². The van der Waals surface area contributed by atoms with Crippen molar-refractivity contribution >= 4 is 17.3 Å². The average molecular weight is 337 g/mol. The summed E-state index contributed by atoms with van der Waals surface area (Å²) in [6.45, 7) is 8.45. The van der Waals surface area contributed by atoms with Crippen molar-refractivity contribution in [3.05, 3.63) is 29.8 Å². The molecule has 25 heavy (non-hydrogen) atoms. The van der Waals surface area contributed by atoms with Gasteiger partial charge in [0.1, 0.15) is 12.1 Å². The Morgan fingerprint density at radius 1 is 1.08 bits per heavy atom. The number of nitrogens with zero attached hydrogens (tertiary/aromatic N) is 4. The van der Waals surface area contributed by atoms with Crippen LogP contribution >= 0.6 is 0 Å². The quantitative estimate of drug-likeness (QED) is 0.672. The van der Waals surface area contributed by atoms with E-state index < -0.39 is 0 Å². The molecule has 1 saturated heterocycles. The topological polar surface area (TPSA) is 92.3 Å². The van der Waals surface area contributed by atoms with Gasteiger partial charge in [-0.15, -0.1) is 0 Å². The van der Waals surface area contributed by atoms with Crippen molar-refractivity contribution in [2.24, 2.45) is 5.10 Å². The number of nitrogens with one attached hydrogen (secondary N) is 1. The highest BCUT2D eigenvalue weighted by Gasteiger charge is 2.44. The fraction of sp³-hybridized carbons (Fsp3) is 0.474. The number of carbonyl (C=O) groups is 1. The molecule has 1 heterocycles. The Morgan fingerprint density at radius 3 is 2.08 bits per heavy atom. The van der Waals surface area contributed by atoms with E-state index in [9.17, 15) is 4.79 Å². The maximum Gasteiger partial charge on any atom is 0.254 e. The largest absolute Gasteiger partial charge is 0.328 e. The van der Waals surface area contributed by atoms with Crippen LogP contribution in [0.4, 0.5) is 5.69 Å². The van der Waals surface area contributed by atoms with Crippen LogP contribution in [0.1, 0.15) is 57.3 Å². The van der Waals surface area contributed by atoms with Gasteiger partial charge in [-0.25, -0.2) is 0 Å². The Labute approximate surface area is 148 Å². The second-order valence-electron chi connectivity index (χ2n) is 7.49. The molecule has 1 aromatic carbocycles. The third-order valence-corrected chi connectivity index (χ3v) is 4.63. The van der Waals surface area contributed by atoms with Crippen LogP contribution in [0, 0.1) is 22.7 Å². The standard InChI is InChI=1S/C19H23N5O/c1-18(2)10-5-11-19(3,4)24(18)17(25)14-6-8-15(9-7-14)22-23-16(12-20)13-21/h6-9,22H,5,10-11H2,1-4H3. The smallest absolute Gasteiger partial charge is 0.254 e. The fourth-order valence-electron chi connectivity index (χ4n) is 3.56. The predicted octanol–water partition coefficient (Wildman–Crippen LogP) is 3.68. The summed E-state index contributed by atoms with van der Waals surface area (Å²) in [7, 11) is 0. The minimum atomic E-state index is -0.253. The van der Waals surface area contributed by atoms with E-state index in [1.54, 1.807) is 36.4 Å². The van der Waals surface area contributed by atoms with Gasteiger partial charge in [-0.1, -0.05) is 0 Å². The number of hydrogen-bond acceptors (Lipinski definition) is 5. The van der Waals surface area contributed by atoms with E-state index in [4.69, 9.17) is 10.5 Å². The van der Waals surface area contributed by atoms with Crippen LogP contribution in [-0.4, -0.2) is 27.6 Å². The zero-order chi connectivity index (χ0) is 18.7. The molecule has 1 aliphatic rings. The Kier molecular flexibility index (Phi) is 5.13. The minimum absolute atomic E-state index is 0.0134. The van der Waals surface area contributed by atoms with E-state index in [-0.39, 0.29) is 22.7 Å². The third kappa shape index (κ3) is 3.97. The number of nitriles is 2. The lowest BCUT2D eigenvalue weighted by Crippen LogP contribution is -2.60. The lowest BCUT2D eigenvalue weighted by Gasteiger charge is -2.53. The van der Waals surface area contributed by atoms with E-state index in [0.29, 0.717) is 11.3 Å². The summed E-state index contributed by atoms with van der Waals surface area (Å²) in [6, 6.07) is 10.3. The molecule has 0 atom stereocenters. The molecule has 130 valence electrons. The van der Waals surface area contributed by atoms with Crippen molar-refractivity contribution in [3.8, 4) is 12.1 Å². The lowest BCUT2D eigenvalue weighted by atomic mass is 9.79. The average Bonchev–Trinajstić information content (AvgIpc) is 2.54. The molecule has 0 aromatic heterocycles. The van der Waals surface area contributed by atoms with Crippen molar-refractivity contribution in [2.75, 3.05) is 5.43 Å². The molecular formula is C19H23N5O. The Morgan fingerprint density at radius 2 is 1.60 bits per heavy atom. The molecule has 0 unspecified atom stereocenters. The predicted molar refractivity (Wildman–Crippen MR) is 96.9 cm³/mol. The fourth-order valence-corrected chi connectivity index (χ4v) is 3.56. The first kappa shape index (κ1) is 18.5. The summed E-state index contributed by atoms with van der Waals surface area (Å²) in [5.41, 5.74) is 3.24. The van der Waals surface area contributed by atoms with Crippen LogP contribution in [0.2, 0.25) is 0 Å². The van der Waals surface area contributed by atoms with Crippen molar-refractivity contribution in [3.63, 3.8) is 0 Å². The number of piperidine rings is 1. The summed E-state index contributed by atoms with van der Waals surface area (Å²) in [6.07, 6.45) is 3.09. The first-order valence-electron chi connectivity index (χ1n) is 8.30. The van der Waals surface area contributed by atoms with Crippen molar-refractivity contribution in [1.82, 2.24) is 4.90 Å². The first-order valence-corrected chi connectivity index (χ1v) is 8.30. The van der Waals surface area contributed by atoms with Gasteiger partial charge in [-0.05, 0) is 71.2 Å². The summed E-state index contributed by atoms with van der Waals surface area (Å²) >= 11 is 0. The monoisotopic (exact) mass is 337 g/mol. The van der Waals surface area contributed by atoms with Crippen LogP contribution in [0.25, 0.3) is 0 Å². The number of rotatable bonds is 3. The summed E-state index contributed by atoms with van der Waals surface area (Å²) in [5.74, 6) is 0.0134. The number of carbonyl (C=O) groups excluding carboxylic acids is 1. The van der Waals surface area contributed by atoms with Gasteiger partial charge in [-0.2, -0.15) is 15.6 Å². The van der Waals surface area contributed by atoms with Crippen LogP contribution < -0.4 is 5.43 Å². The normalized spacial score (nSPS) is 17.8. The zero-order valence-electron chi connectivity index (χ0n) is 15.1. The maximum atomic E-state index is 13.1. The molecule has 1 aliphatic heterocycles. The molecular weight excluding hydrogens is 314 g/mol. The van der Waals surface area contributed by atoms with Crippen LogP contribution in [0.3, 0.4) is 0 Å². The summed E-state index contributed by atoms with van der Waals surface area (Å²) in [4.78, 5) is 15.1. The second kappa shape index (κ2) is 6.94. The zero-order valence-corrected chi connectivity index (χ0v) is 15.1. The molecule has 1 aromatic rings. The highest BCUT2D eigenvalue weighted by molar-refractivity contribution is 6.10. The van der Waals surface area contributed by atoms with Crippen LogP contribution in [-0.2, 0) is 0 Å². The number of hydrogen-bond donors (Lipinski definition) is 1. The van der Waals surface area contributed by atoms with Gasteiger partial charge in [0.05, 0.1) is 5.69 Å². The van der Waals surface area contributed by atoms with E-state index in [0.717, 1.165) is 19.3 Å². The molecule has 0 radical (unpaired) electrons. The van der Waals surface area contributed by atoms with Crippen molar-refractivity contribution < 1.29 is 4.79 Å². The molecule has 0 saturated carbocycles. The van der Waals surface area contributed by atoms with Gasteiger partial charge >= 0.3 is 0 Å². The van der Waals surface area contributed by atoms with Gasteiger partial charge in [0, 0.05) is 16.6 Å². The molecule has 2 rings (SSSR count). The summed E-state index contributed by atoms with van der Waals surface area (Å²) in [5, 5.41) is 21.0. The molecule has 0 spiro atoms. The van der Waals surface area contributed by atoms with Gasteiger partial charge in [0.15, 0.2) is 0 Å². The Hall–Kier alpha value is -2.86. The van der Waals surface area contributed by atoms with E-state index in [1.807, 2.05) is 4.90 Å². The number of hydrazone groups is 1. The van der Waals surface area contributed by atoms with E-state index in [1.165, 1.54) is 0 Å². The highest BCUT2D eigenvalue weighted by atomic mass is 16.2. The first-order chi connectivity index (χ1) is 11.7. The lowest BCUT2D eigenvalue weighted by molar-refractivity contribution is -0.0111. The summed E-state index contributed by atoms with van der Waals surface area (Å²) < 4.78 is 0. The molecule has 0 bridgehead atoms. The number of anilines is 1. The number of amides is 1. The van der Waals surface area contributed by atoms with Crippen LogP contribution in [0.5, 0.6) is 0 Å². The molecule has 6 nitrogen and oxygen atoms in total. The number of benzene rings is 1. The molecule has 6 heteroatoms.